The van der Waals surface area contributed by atoms with Crippen LogP contribution in [0, 0.1) is 30.7 Å². The SMILES string of the molecule is CCC(C)(CC)C(=O)/C=C(\O)C(C)(CC)CC.Cc1ccc2c3c(ncc(C)c13)-c1[c-]c3cccnc3nc1O2.[Ir]. The first-order chi connectivity index (χ1) is 19.0. The Labute approximate surface area is 257 Å². The van der Waals surface area contributed by atoms with Crippen molar-refractivity contribution in [3.63, 3.8) is 0 Å². The number of aliphatic hydroxyl groups excluding tert-OH is 1. The van der Waals surface area contributed by atoms with Crippen LogP contribution in [0.1, 0.15) is 78.4 Å². The molecule has 4 aromatic rings. The van der Waals surface area contributed by atoms with E-state index in [0.29, 0.717) is 11.5 Å². The summed E-state index contributed by atoms with van der Waals surface area (Å²) in [5.41, 5.74) is 4.06. The second-order valence-electron chi connectivity index (χ2n) is 11.2. The fraction of sp³-hybridized carbons (Fsp3) is 0.412. The molecule has 219 valence electrons. The molecule has 3 aromatic heterocycles. The molecule has 1 aliphatic rings. The van der Waals surface area contributed by atoms with Gasteiger partial charge in [0.2, 0.25) is 0 Å². The standard InChI is InChI=1S/C19H12N3O.C15H28O2.Ir/c1-10-5-6-14-16-15(10)11(2)9-21-17(16)13-8-12-4-3-7-20-18(12)22-19(13)23-14;1-7-14(5,8-2)12(16)11-13(17)15(6,9-3)10-4;/h3-7,9H,1-2H3;11,16H,7-10H2,1-6H3;/q-1;;/b;12-11-;. The van der Waals surface area contributed by atoms with Gasteiger partial charge in [-0.25, -0.2) is 0 Å². The van der Waals surface area contributed by atoms with Crippen molar-refractivity contribution in [1.82, 2.24) is 15.0 Å². The molecule has 0 atom stereocenters. The zero-order valence-electron chi connectivity index (χ0n) is 25.3. The fourth-order valence-electron chi connectivity index (χ4n) is 4.94. The molecule has 0 aliphatic carbocycles. The van der Waals surface area contributed by atoms with E-state index < -0.39 is 0 Å². The van der Waals surface area contributed by atoms with Gasteiger partial charge in [-0.15, -0.1) is 12.1 Å². The molecule has 0 saturated heterocycles. The summed E-state index contributed by atoms with van der Waals surface area (Å²) in [5, 5.41) is 13.2. The van der Waals surface area contributed by atoms with Gasteiger partial charge >= 0.3 is 0 Å². The summed E-state index contributed by atoms with van der Waals surface area (Å²) in [6, 6.07) is 11.3. The minimum Gasteiger partial charge on any atom is -0.512 e. The van der Waals surface area contributed by atoms with Crippen molar-refractivity contribution in [2.75, 3.05) is 0 Å². The van der Waals surface area contributed by atoms with E-state index in [4.69, 9.17) is 4.74 Å². The van der Waals surface area contributed by atoms with Crippen LogP contribution in [-0.4, -0.2) is 25.8 Å². The summed E-state index contributed by atoms with van der Waals surface area (Å²) in [6.07, 6.45) is 8.38. The summed E-state index contributed by atoms with van der Waals surface area (Å²) < 4.78 is 6.05. The third-order valence-corrected chi connectivity index (χ3v) is 8.91. The van der Waals surface area contributed by atoms with Crippen LogP contribution < -0.4 is 4.74 Å². The van der Waals surface area contributed by atoms with Crippen molar-refractivity contribution >= 4 is 27.6 Å². The molecule has 0 amide bonds. The van der Waals surface area contributed by atoms with Crippen LogP contribution in [0.4, 0.5) is 0 Å². The number of aromatic nitrogens is 3. The van der Waals surface area contributed by atoms with E-state index in [2.05, 4.69) is 40.9 Å². The summed E-state index contributed by atoms with van der Waals surface area (Å²) in [7, 11) is 0. The number of ketones is 1. The molecule has 7 heteroatoms. The maximum atomic E-state index is 12.2. The Bertz CT molecular complexity index is 1600. The molecule has 1 aromatic carbocycles. The van der Waals surface area contributed by atoms with Gasteiger partial charge in [-0.1, -0.05) is 59.1 Å². The molecule has 1 aliphatic heterocycles. The first kappa shape index (κ1) is 32.4. The molecule has 0 fully saturated rings. The normalized spacial score (nSPS) is 12.6. The molecule has 0 unspecified atom stereocenters. The van der Waals surface area contributed by atoms with Crippen LogP contribution >= 0.6 is 0 Å². The Kier molecular flexibility index (Phi) is 10.1. The van der Waals surface area contributed by atoms with Gasteiger partial charge in [0, 0.05) is 60.5 Å². The summed E-state index contributed by atoms with van der Waals surface area (Å²) in [4.78, 5) is 25.7. The van der Waals surface area contributed by atoms with Crippen LogP contribution in [-0.2, 0) is 24.9 Å². The van der Waals surface area contributed by atoms with Gasteiger partial charge in [-0.3, -0.25) is 19.7 Å². The quantitative estimate of drug-likeness (QED) is 0.102. The zero-order chi connectivity index (χ0) is 29.2. The summed E-state index contributed by atoms with van der Waals surface area (Å²) in [6.45, 7) is 16.3. The average molecular weight is 731 g/mol. The second-order valence-corrected chi connectivity index (χ2v) is 11.2. The van der Waals surface area contributed by atoms with Crippen molar-refractivity contribution < 1.29 is 34.7 Å². The number of allylic oxidation sites excluding steroid dienone is 2. The van der Waals surface area contributed by atoms with E-state index in [9.17, 15) is 9.90 Å². The van der Waals surface area contributed by atoms with Crippen molar-refractivity contribution in [1.29, 1.82) is 0 Å². The van der Waals surface area contributed by atoms with Gasteiger partial charge in [0.25, 0.3) is 0 Å². The summed E-state index contributed by atoms with van der Waals surface area (Å²) >= 11 is 0. The predicted molar refractivity (Wildman–Crippen MR) is 162 cm³/mol. The number of fused-ring (bicyclic) bond motifs is 3. The second kappa shape index (κ2) is 12.8. The Morgan fingerprint density at radius 1 is 0.951 bits per heavy atom. The molecule has 0 bridgehead atoms. The number of rotatable bonds is 7. The van der Waals surface area contributed by atoms with E-state index in [1.807, 2.05) is 65.9 Å². The van der Waals surface area contributed by atoms with Crippen molar-refractivity contribution in [2.45, 2.75) is 81.1 Å². The number of aliphatic hydroxyl groups is 1. The van der Waals surface area contributed by atoms with Crippen LogP contribution in [0.15, 0.2) is 48.5 Å². The zero-order valence-corrected chi connectivity index (χ0v) is 27.7. The Morgan fingerprint density at radius 2 is 1.61 bits per heavy atom. The number of hydrogen-bond acceptors (Lipinski definition) is 6. The third-order valence-electron chi connectivity index (χ3n) is 8.91. The van der Waals surface area contributed by atoms with Gasteiger partial charge in [0.15, 0.2) is 11.7 Å². The van der Waals surface area contributed by atoms with Crippen LogP contribution in [0.25, 0.3) is 33.1 Å². The number of hydrogen-bond donors (Lipinski definition) is 1. The summed E-state index contributed by atoms with van der Waals surface area (Å²) in [5.74, 6) is 1.60. The van der Waals surface area contributed by atoms with Gasteiger partial charge in [0.05, 0.1) is 5.65 Å². The molecule has 0 saturated carbocycles. The van der Waals surface area contributed by atoms with Gasteiger partial charge in [-0.2, -0.15) is 0 Å². The molecule has 4 heterocycles. The van der Waals surface area contributed by atoms with E-state index >= 15 is 0 Å². The van der Waals surface area contributed by atoms with Gasteiger partial charge in [-0.05, 0) is 67.7 Å². The van der Waals surface area contributed by atoms with Crippen LogP contribution in [0.2, 0.25) is 0 Å². The molecule has 41 heavy (non-hydrogen) atoms. The van der Waals surface area contributed by atoms with E-state index in [1.54, 1.807) is 6.20 Å². The van der Waals surface area contributed by atoms with E-state index in [1.165, 1.54) is 17.0 Å². The van der Waals surface area contributed by atoms with Crippen molar-refractivity contribution in [2.24, 2.45) is 10.8 Å². The fourth-order valence-corrected chi connectivity index (χ4v) is 4.94. The number of carbonyl (C=O) groups excluding carboxylic acids is 1. The first-order valence-corrected chi connectivity index (χ1v) is 14.2. The Hall–Kier alpha value is -3.15. The number of carbonyl (C=O) groups is 1. The van der Waals surface area contributed by atoms with Crippen LogP contribution in [0.3, 0.4) is 0 Å². The largest absolute Gasteiger partial charge is 0.512 e. The van der Waals surface area contributed by atoms with E-state index in [-0.39, 0.29) is 42.5 Å². The average Bonchev–Trinajstić information content (AvgIpc) is 2.97. The molecular weight excluding hydrogens is 691 g/mol. The number of benzene rings is 1. The van der Waals surface area contributed by atoms with Gasteiger partial charge in [0.1, 0.15) is 11.5 Å². The molecule has 1 N–H and O–H groups in total. The first-order valence-electron chi connectivity index (χ1n) is 14.2. The smallest absolute Gasteiger partial charge is 0.164 e. The topological polar surface area (TPSA) is 85.2 Å². The third kappa shape index (κ3) is 6.07. The number of ether oxygens (including phenoxy) is 1. The Balaban J connectivity index is 0.000000233. The molecule has 1 radical (unpaired) electrons. The maximum absolute atomic E-state index is 12.2. The Morgan fingerprint density at radius 3 is 2.24 bits per heavy atom. The molecule has 5 rings (SSSR count). The number of nitrogens with zero attached hydrogens (tertiary/aromatic N) is 3. The van der Waals surface area contributed by atoms with Crippen molar-refractivity contribution in [3.8, 4) is 22.9 Å². The molecular formula is C34H40IrN3O3-. The predicted octanol–water partition coefficient (Wildman–Crippen LogP) is 9.02. The maximum Gasteiger partial charge on any atom is 0.164 e. The van der Waals surface area contributed by atoms with Gasteiger partial charge < -0.3 is 9.84 Å². The number of pyridine rings is 3. The van der Waals surface area contributed by atoms with E-state index in [0.717, 1.165) is 59.0 Å². The minimum atomic E-state index is -0.337. The monoisotopic (exact) mass is 731 g/mol. The van der Waals surface area contributed by atoms with Crippen LogP contribution in [0.5, 0.6) is 11.6 Å². The van der Waals surface area contributed by atoms with Crippen molar-refractivity contribution in [3.05, 3.63) is 65.7 Å². The minimum absolute atomic E-state index is 0. The molecule has 6 nitrogen and oxygen atoms in total. The molecule has 0 spiro atoms. The number of aryl methyl sites for hydroxylation is 2.